The van der Waals surface area contributed by atoms with Crippen LogP contribution in [0.15, 0.2) is 75.7 Å². The molecule has 7 nitrogen and oxygen atoms in total. The van der Waals surface area contributed by atoms with E-state index in [9.17, 15) is 10.4 Å². The van der Waals surface area contributed by atoms with Crippen LogP contribution >= 0.6 is 0 Å². The van der Waals surface area contributed by atoms with E-state index in [0.29, 0.717) is 34.1 Å². The van der Waals surface area contributed by atoms with Crippen LogP contribution in [-0.2, 0) is 0 Å². The number of hydrogen-bond acceptors (Lipinski definition) is 7. The highest BCUT2D eigenvalue weighted by atomic mass is 16.5. The van der Waals surface area contributed by atoms with Crippen molar-refractivity contribution in [2.45, 2.75) is 5.92 Å². The summed E-state index contributed by atoms with van der Waals surface area (Å²) in [4.78, 5) is 4.42. The minimum atomic E-state index is -0.544. The number of phenols is 1. The molecule has 0 saturated heterocycles. The second-order valence-corrected chi connectivity index (χ2v) is 6.32. The summed E-state index contributed by atoms with van der Waals surface area (Å²) in [5.74, 6) is 0.922. The summed E-state index contributed by atoms with van der Waals surface area (Å²) in [6, 6.07) is 16.1. The standard InChI is InChI=1S/C22H17N3O4/c1-27-18-6-3-2-5-16(18)25-12-13-9-14-20(10-17(13)26)29-22(24)15(11-23)21(14)19-7-4-8-28-19/h2-10,12,21,26H,24H2,1H3. The molecular weight excluding hydrogens is 370 g/mol. The van der Waals surface area contributed by atoms with Gasteiger partial charge in [-0.2, -0.15) is 5.26 Å². The number of aliphatic imine (C=N–C) groups is 1. The van der Waals surface area contributed by atoms with Crippen LogP contribution in [0, 0.1) is 11.3 Å². The molecule has 7 heteroatoms. The van der Waals surface area contributed by atoms with Gasteiger partial charge in [0.2, 0.25) is 5.88 Å². The predicted octanol–water partition coefficient (Wildman–Crippen LogP) is 3.96. The van der Waals surface area contributed by atoms with Gasteiger partial charge < -0.3 is 24.7 Å². The van der Waals surface area contributed by atoms with Gasteiger partial charge in [-0.3, -0.25) is 4.99 Å². The molecule has 2 aromatic carbocycles. The molecule has 144 valence electrons. The molecule has 0 saturated carbocycles. The van der Waals surface area contributed by atoms with Crippen molar-refractivity contribution in [2.24, 2.45) is 10.7 Å². The number of furan rings is 1. The zero-order chi connectivity index (χ0) is 20.4. The number of methoxy groups -OCH3 is 1. The zero-order valence-corrected chi connectivity index (χ0v) is 15.5. The van der Waals surface area contributed by atoms with Crippen molar-refractivity contribution in [3.8, 4) is 23.3 Å². The van der Waals surface area contributed by atoms with E-state index in [1.54, 1.807) is 37.4 Å². The van der Waals surface area contributed by atoms with Gasteiger partial charge in [-0.25, -0.2) is 0 Å². The Morgan fingerprint density at radius 1 is 1.24 bits per heavy atom. The lowest BCUT2D eigenvalue weighted by atomic mass is 9.86. The summed E-state index contributed by atoms with van der Waals surface area (Å²) in [6.45, 7) is 0. The molecule has 4 rings (SSSR count). The van der Waals surface area contributed by atoms with E-state index in [4.69, 9.17) is 19.6 Å². The number of benzene rings is 2. The third-order valence-corrected chi connectivity index (χ3v) is 4.62. The van der Waals surface area contributed by atoms with Crippen LogP contribution in [0.2, 0.25) is 0 Å². The smallest absolute Gasteiger partial charge is 0.205 e. The van der Waals surface area contributed by atoms with Crippen LogP contribution in [0.3, 0.4) is 0 Å². The van der Waals surface area contributed by atoms with Gasteiger partial charge in [-0.1, -0.05) is 12.1 Å². The molecule has 1 unspecified atom stereocenters. The lowest BCUT2D eigenvalue weighted by Gasteiger charge is -2.25. The largest absolute Gasteiger partial charge is 0.507 e. The molecule has 1 atom stereocenters. The maximum Gasteiger partial charge on any atom is 0.205 e. The topological polar surface area (TPSA) is 114 Å². The van der Waals surface area contributed by atoms with Crippen LogP contribution < -0.4 is 15.2 Å². The first kappa shape index (κ1) is 18.2. The van der Waals surface area contributed by atoms with Crippen LogP contribution in [0.5, 0.6) is 17.2 Å². The molecule has 0 bridgehead atoms. The summed E-state index contributed by atoms with van der Waals surface area (Å²) in [6.07, 6.45) is 3.06. The number of para-hydroxylation sites is 2. The van der Waals surface area contributed by atoms with Gasteiger partial charge in [0.1, 0.15) is 40.3 Å². The number of rotatable bonds is 4. The lowest BCUT2D eigenvalue weighted by Crippen LogP contribution is -2.21. The monoisotopic (exact) mass is 387 g/mol. The van der Waals surface area contributed by atoms with Gasteiger partial charge in [-0.15, -0.1) is 0 Å². The van der Waals surface area contributed by atoms with E-state index in [0.717, 1.165) is 0 Å². The van der Waals surface area contributed by atoms with Crippen LogP contribution in [0.1, 0.15) is 22.8 Å². The minimum absolute atomic E-state index is 0.0174. The quantitative estimate of drug-likeness (QED) is 0.655. The molecule has 0 spiro atoms. The van der Waals surface area contributed by atoms with E-state index in [1.165, 1.54) is 18.5 Å². The van der Waals surface area contributed by atoms with Crippen molar-refractivity contribution in [1.29, 1.82) is 5.26 Å². The van der Waals surface area contributed by atoms with Crippen LogP contribution in [0.4, 0.5) is 5.69 Å². The van der Waals surface area contributed by atoms with E-state index >= 15 is 0 Å². The summed E-state index contributed by atoms with van der Waals surface area (Å²) < 4.78 is 16.4. The van der Waals surface area contributed by atoms with E-state index in [1.807, 2.05) is 12.1 Å². The van der Waals surface area contributed by atoms with Gasteiger partial charge in [0.15, 0.2) is 0 Å². The molecule has 0 fully saturated rings. The Balaban J connectivity index is 1.80. The number of nitrogens with zero attached hydrogens (tertiary/aromatic N) is 2. The van der Waals surface area contributed by atoms with Crippen molar-refractivity contribution in [1.82, 2.24) is 0 Å². The Hall–Kier alpha value is -4.18. The van der Waals surface area contributed by atoms with Crippen molar-refractivity contribution >= 4 is 11.9 Å². The number of ether oxygens (including phenoxy) is 2. The van der Waals surface area contributed by atoms with Crippen molar-refractivity contribution < 1.29 is 19.0 Å². The minimum Gasteiger partial charge on any atom is -0.507 e. The number of phenolic OH excluding ortho intramolecular Hbond substituents is 1. The number of hydrogen-bond donors (Lipinski definition) is 2. The molecule has 3 aromatic rings. The normalized spacial score (nSPS) is 15.7. The molecule has 29 heavy (non-hydrogen) atoms. The van der Waals surface area contributed by atoms with E-state index in [2.05, 4.69) is 11.1 Å². The van der Waals surface area contributed by atoms with Gasteiger partial charge in [0.25, 0.3) is 0 Å². The second-order valence-electron chi connectivity index (χ2n) is 6.32. The molecule has 0 amide bonds. The number of nitrogens with two attached hydrogens (primary N) is 1. The van der Waals surface area contributed by atoms with E-state index in [-0.39, 0.29) is 17.2 Å². The maximum atomic E-state index is 10.4. The molecular formula is C22H17N3O4. The van der Waals surface area contributed by atoms with E-state index < -0.39 is 5.92 Å². The fourth-order valence-corrected chi connectivity index (χ4v) is 3.24. The third kappa shape index (κ3) is 3.28. The highest BCUT2D eigenvalue weighted by Crippen LogP contribution is 2.44. The van der Waals surface area contributed by atoms with Crippen molar-refractivity contribution in [3.63, 3.8) is 0 Å². The number of fused-ring (bicyclic) bond motifs is 1. The van der Waals surface area contributed by atoms with Crippen LogP contribution in [0.25, 0.3) is 0 Å². The highest BCUT2D eigenvalue weighted by molar-refractivity contribution is 5.87. The van der Waals surface area contributed by atoms with Crippen molar-refractivity contribution in [2.75, 3.05) is 7.11 Å². The Kier molecular flexibility index (Phi) is 4.67. The fourth-order valence-electron chi connectivity index (χ4n) is 3.24. The van der Waals surface area contributed by atoms with Crippen molar-refractivity contribution in [3.05, 3.63) is 83.1 Å². The third-order valence-electron chi connectivity index (χ3n) is 4.62. The van der Waals surface area contributed by atoms with Crippen LogP contribution in [-0.4, -0.2) is 18.4 Å². The number of nitriles is 1. The summed E-state index contributed by atoms with van der Waals surface area (Å²) >= 11 is 0. The Morgan fingerprint density at radius 2 is 2.07 bits per heavy atom. The average molecular weight is 387 g/mol. The summed E-state index contributed by atoms with van der Waals surface area (Å²) in [5.41, 5.74) is 7.88. The Morgan fingerprint density at radius 3 is 2.79 bits per heavy atom. The molecule has 3 N–H and O–H groups in total. The molecule has 1 aliphatic rings. The van der Waals surface area contributed by atoms with Gasteiger partial charge in [-0.05, 0) is 30.3 Å². The average Bonchev–Trinajstić information content (AvgIpc) is 3.26. The fraction of sp³-hybridized carbons (Fsp3) is 0.0909. The number of aromatic hydroxyl groups is 1. The van der Waals surface area contributed by atoms with Gasteiger partial charge in [0.05, 0.1) is 19.3 Å². The summed E-state index contributed by atoms with van der Waals surface area (Å²) in [5, 5.41) is 20.0. The zero-order valence-electron chi connectivity index (χ0n) is 15.5. The highest BCUT2D eigenvalue weighted by Gasteiger charge is 2.33. The molecule has 1 aliphatic heterocycles. The summed E-state index contributed by atoms with van der Waals surface area (Å²) in [7, 11) is 1.57. The molecule has 0 aliphatic carbocycles. The Labute approximate surface area is 166 Å². The maximum absolute atomic E-state index is 10.4. The number of allylic oxidation sites excluding steroid dienone is 1. The first-order valence-electron chi connectivity index (χ1n) is 8.77. The first-order valence-corrected chi connectivity index (χ1v) is 8.77. The predicted molar refractivity (Wildman–Crippen MR) is 106 cm³/mol. The van der Waals surface area contributed by atoms with Gasteiger partial charge >= 0.3 is 0 Å². The lowest BCUT2D eigenvalue weighted by molar-refractivity contribution is 0.379. The molecule has 0 radical (unpaired) electrons. The SMILES string of the molecule is COc1ccccc1N=Cc1cc2c(cc1O)OC(N)=C(C#N)C2c1ccco1. The van der Waals surface area contributed by atoms with Gasteiger partial charge in [0, 0.05) is 23.4 Å². The molecule has 1 aromatic heterocycles. The molecule has 2 heterocycles. The first-order chi connectivity index (χ1) is 14.1. The second kappa shape index (κ2) is 7.44. The Bertz CT molecular complexity index is 1160.